The molecule has 0 saturated heterocycles. The molecule has 3 heteroatoms. The second-order valence-corrected chi connectivity index (χ2v) is 6.17. The van der Waals surface area contributed by atoms with Gasteiger partial charge in [0.2, 0.25) is 0 Å². The molecule has 0 aromatic heterocycles. The van der Waals surface area contributed by atoms with Crippen LogP contribution in [0.3, 0.4) is 0 Å². The highest BCUT2D eigenvalue weighted by Crippen LogP contribution is 2.25. The zero-order valence-electron chi connectivity index (χ0n) is 11.4. The molecule has 106 valence electrons. The van der Waals surface area contributed by atoms with Crippen LogP contribution < -0.4 is 0 Å². The Morgan fingerprint density at radius 1 is 1.15 bits per heavy atom. The molecule has 0 heterocycles. The molecule has 2 aromatic carbocycles. The van der Waals surface area contributed by atoms with Gasteiger partial charge >= 0.3 is 0 Å². The molecule has 2 aromatic rings. The number of aryl methyl sites for hydroxylation is 1. The summed E-state index contributed by atoms with van der Waals surface area (Å²) < 4.78 is 13.9. The molecule has 0 aliphatic carbocycles. The number of benzene rings is 2. The first-order valence-electron chi connectivity index (χ1n) is 6.64. The van der Waals surface area contributed by atoms with Crippen molar-refractivity contribution in [1.82, 2.24) is 0 Å². The van der Waals surface area contributed by atoms with Crippen LogP contribution in [0.5, 0.6) is 0 Å². The van der Waals surface area contributed by atoms with E-state index in [1.165, 1.54) is 17.2 Å². The summed E-state index contributed by atoms with van der Waals surface area (Å²) in [6.45, 7) is 2.08. The van der Waals surface area contributed by atoms with E-state index in [1.807, 2.05) is 0 Å². The molecule has 1 atom stereocenters. The highest BCUT2D eigenvalue weighted by Gasteiger charge is 2.15. The molecular formula is C17H17BrClF. The summed E-state index contributed by atoms with van der Waals surface area (Å²) in [6, 6.07) is 13.3. The predicted molar refractivity (Wildman–Crippen MR) is 87.3 cm³/mol. The second-order valence-electron chi connectivity index (χ2n) is 5.12. The lowest BCUT2D eigenvalue weighted by Gasteiger charge is -2.16. The Bertz CT molecular complexity index is 563. The van der Waals surface area contributed by atoms with Crippen LogP contribution in [0.1, 0.15) is 16.7 Å². The van der Waals surface area contributed by atoms with E-state index in [-0.39, 0.29) is 5.82 Å². The van der Waals surface area contributed by atoms with Gasteiger partial charge in [0, 0.05) is 15.9 Å². The van der Waals surface area contributed by atoms with Gasteiger partial charge in [0.25, 0.3) is 0 Å². The first-order valence-corrected chi connectivity index (χ1v) is 8.14. The Hall–Kier alpha value is -0.860. The van der Waals surface area contributed by atoms with Crippen molar-refractivity contribution in [3.8, 4) is 0 Å². The zero-order chi connectivity index (χ0) is 14.5. The van der Waals surface area contributed by atoms with Gasteiger partial charge in [-0.25, -0.2) is 4.39 Å². The van der Waals surface area contributed by atoms with Crippen molar-refractivity contribution in [2.75, 3.05) is 5.33 Å². The fraction of sp³-hybridized carbons (Fsp3) is 0.294. The third-order valence-corrected chi connectivity index (χ3v) is 4.65. The Kier molecular flexibility index (Phi) is 5.62. The van der Waals surface area contributed by atoms with Crippen LogP contribution in [-0.4, -0.2) is 5.33 Å². The van der Waals surface area contributed by atoms with Gasteiger partial charge in [0.05, 0.1) is 0 Å². The minimum Gasteiger partial charge on any atom is -0.207 e. The third-order valence-electron chi connectivity index (χ3n) is 3.38. The third kappa shape index (κ3) is 4.07. The van der Waals surface area contributed by atoms with Crippen LogP contribution >= 0.6 is 27.5 Å². The Morgan fingerprint density at radius 3 is 2.55 bits per heavy atom. The molecule has 0 fully saturated rings. The summed E-state index contributed by atoms with van der Waals surface area (Å²) in [5, 5.41) is 1.34. The average molecular weight is 356 g/mol. The molecule has 2 rings (SSSR count). The number of halogens is 3. The second kappa shape index (κ2) is 7.24. The van der Waals surface area contributed by atoms with Gasteiger partial charge in [-0.05, 0) is 43.4 Å². The highest BCUT2D eigenvalue weighted by molar-refractivity contribution is 9.09. The molecule has 20 heavy (non-hydrogen) atoms. The summed E-state index contributed by atoms with van der Waals surface area (Å²) in [6.07, 6.45) is 1.56. The van der Waals surface area contributed by atoms with Gasteiger partial charge < -0.3 is 0 Å². The fourth-order valence-electron chi connectivity index (χ4n) is 2.37. The molecule has 1 unspecified atom stereocenters. The monoisotopic (exact) mass is 354 g/mol. The smallest absolute Gasteiger partial charge is 0.127 e. The number of hydrogen-bond donors (Lipinski definition) is 0. The van der Waals surface area contributed by atoms with E-state index in [2.05, 4.69) is 47.1 Å². The first kappa shape index (κ1) is 15.5. The van der Waals surface area contributed by atoms with Crippen molar-refractivity contribution in [3.05, 3.63) is 70.0 Å². The average Bonchev–Trinajstić information content (AvgIpc) is 2.42. The Labute approximate surface area is 133 Å². The molecule has 0 bridgehead atoms. The summed E-state index contributed by atoms with van der Waals surface area (Å²) in [7, 11) is 0. The van der Waals surface area contributed by atoms with Crippen LogP contribution in [0.15, 0.2) is 42.5 Å². The fourth-order valence-corrected chi connectivity index (χ4v) is 3.07. The molecule has 0 aliphatic heterocycles. The van der Waals surface area contributed by atoms with Gasteiger partial charge in [-0.1, -0.05) is 63.4 Å². The zero-order valence-corrected chi connectivity index (χ0v) is 13.7. The lowest BCUT2D eigenvalue weighted by atomic mass is 9.93. The topological polar surface area (TPSA) is 0 Å². The molecule has 0 saturated carbocycles. The van der Waals surface area contributed by atoms with Gasteiger partial charge in [-0.2, -0.15) is 0 Å². The minimum atomic E-state index is -0.215. The van der Waals surface area contributed by atoms with Crippen molar-refractivity contribution >= 4 is 27.5 Å². The van der Waals surface area contributed by atoms with E-state index < -0.39 is 0 Å². The van der Waals surface area contributed by atoms with Crippen molar-refractivity contribution < 1.29 is 4.39 Å². The van der Waals surface area contributed by atoms with E-state index in [4.69, 9.17) is 11.6 Å². The Balaban J connectivity index is 2.13. The summed E-state index contributed by atoms with van der Waals surface area (Å²) >= 11 is 9.64. The van der Waals surface area contributed by atoms with E-state index in [0.29, 0.717) is 22.9 Å². The van der Waals surface area contributed by atoms with E-state index in [9.17, 15) is 4.39 Å². The lowest BCUT2D eigenvalue weighted by Crippen LogP contribution is -2.11. The van der Waals surface area contributed by atoms with Crippen molar-refractivity contribution in [2.45, 2.75) is 19.8 Å². The van der Waals surface area contributed by atoms with Crippen LogP contribution in [-0.2, 0) is 12.8 Å². The van der Waals surface area contributed by atoms with Crippen LogP contribution in [0, 0.1) is 18.7 Å². The lowest BCUT2D eigenvalue weighted by molar-refractivity contribution is 0.550. The molecular weight excluding hydrogens is 339 g/mol. The largest absolute Gasteiger partial charge is 0.207 e. The van der Waals surface area contributed by atoms with Gasteiger partial charge in [-0.15, -0.1) is 0 Å². The standard InChI is InChI=1S/C17H17BrClF/c1-12-4-2-5-13(8-12)9-14(11-18)10-15-16(19)6-3-7-17(15)20/h2-8,14H,9-11H2,1H3. The number of hydrogen-bond acceptors (Lipinski definition) is 0. The van der Waals surface area contributed by atoms with E-state index in [1.54, 1.807) is 12.1 Å². The van der Waals surface area contributed by atoms with Crippen molar-refractivity contribution in [1.29, 1.82) is 0 Å². The maximum Gasteiger partial charge on any atom is 0.127 e. The predicted octanol–water partition coefficient (Wildman–Crippen LogP) is 5.58. The molecule has 0 amide bonds. The van der Waals surface area contributed by atoms with Crippen LogP contribution in [0.2, 0.25) is 5.02 Å². The molecule has 0 nitrogen and oxygen atoms in total. The first-order chi connectivity index (χ1) is 9.60. The van der Waals surface area contributed by atoms with E-state index >= 15 is 0 Å². The van der Waals surface area contributed by atoms with Gasteiger partial charge in [0.1, 0.15) is 5.82 Å². The van der Waals surface area contributed by atoms with Gasteiger partial charge in [0.15, 0.2) is 0 Å². The minimum absolute atomic E-state index is 0.215. The Morgan fingerprint density at radius 2 is 1.90 bits per heavy atom. The van der Waals surface area contributed by atoms with E-state index in [0.717, 1.165) is 11.8 Å². The molecule has 0 spiro atoms. The number of alkyl halides is 1. The van der Waals surface area contributed by atoms with Gasteiger partial charge in [-0.3, -0.25) is 0 Å². The SMILES string of the molecule is Cc1cccc(CC(CBr)Cc2c(F)cccc2Cl)c1. The summed E-state index contributed by atoms with van der Waals surface area (Å²) in [5.74, 6) is 0.110. The molecule has 0 radical (unpaired) electrons. The molecule has 0 N–H and O–H groups in total. The highest BCUT2D eigenvalue weighted by atomic mass is 79.9. The maximum atomic E-state index is 13.9. The quantitative estimate of drug-likeness (QED) is 0.614. The normalized spacial score (nSPS) is 12.4. The van der Waals surface area contributed by atoms with Crippen LogP contribution in [0.4, 0.5) is 4.39 Å². The van der Waals surface area contributed by atoms with Crippen LogP contribution in [0.25, 0.3) is 0 Å². The van der Waals surface area contributed by atoms with Crippen molar-refractivity contribution in [2.24, 2.45) is 5.92 Å². The molecule has 0 aliphatic rings. The maximum absolute atomic E-state index is 13.9. The van der Waals surface area contributed by atoms with Crippen molar-refractivity contribution in [3.63, 3.8) is 0 Å². The summed E-state index contributed by atoms with van der Waals surface area (Å²) in [4.78, 5) is 0. The number of rotatable bonds is 5. The summed E-state index contributed by atoms with van der Waals surface area (Å²) in [5.41, 5.74) is 3.15.